The number of nitrogens with two attached hydrogens (primary N) is 1. The molecule has 4 heteroatoms. The molecule has 0 aromatic rings. The van der Waals surface area contributed by atoms with Gasteiger partial charge in [0.2, 0.25) is 5.91 Å². The van der Waals surface area contributed by atoms with E-state index in [0.717, 1.165) is 32.3 Å². The summed E-state index contributed by atoms with van der Waals surface area (Å²) in [6.45, 7) is 6.93. The average Bonchev–Trinajstić information content (AvgIpc) is 2.22. The van der Waals surface area contributed by atoms with Gasteiger partial charge in [-0.2, -0.15) is 0 Å². The summed E-state index contributed by atoms with van der Waals surface area (Å²) in [5.41, 5.74) is 5.42. The molecule has 0 spiro atoms. The molecule has 0 aliphatic heterocycles. The third kappa shape index (κ3) is 4.28. The number of ether oxygens (including phenoxy) is 1. The Labute approximate surface area is 104 Å². The molecule has 0 saturated heterocycles. The molecule has 0 radical (unpaired) electrons. The lowest BCUT2D eigenvalue weighted by Gasteiger charge is -2.39. The maximum atomic E-state index is 11.9. The van der Waals surface area contributed by atoms with Crippen LogP contribution in [0, 0.1) is 11.3 Å². The van der Waals surface area contributed by atoms with Gasteiger partial charge in [0.25, 0.3) is 0 Å². The smallest absolute Gasteiger partial charge is 0.227 e. The van der Waals surface area contributed by atoms with Gasteiger partial charge in [-0.05, 0) is 25.2 Å². The summed E-state index contributed by atoms with van der Waals surface area (Å²) in [6, 6.07) is 0. The van der Waals surface area contributed by atoms with Crippen LogP contribution in [0.4, 0.5) is 0 Å². The summed E-state index contributed by atoms with van der Waals surface area (Å²) < 4.78 is 5.45. The van der Waals surface area contributed by atoms with Crippen LogP contribution in [-0.2, 0) is 9.53 Å². The van der Waals surface area contributed by atoms with Gasteiger partial charge in [-0.25, -0.2) is 0 Å². The summed E-state index contributed by atoms with van der Waals surface area (Å²) in [5, 5.41) is 2.97. The minimum absolute atomic E-state index is 0.134. The molecule has 0 bridgehead atoms. The highest BCUT2D eigenvalue weighted by Gasteiger charge is 2.42. The van der Waals surface area contributed by atoms with Gasteiger partial charge in [-0.3, -0.25) is 4.79 Å². The summed E-state index contributed by atoms with van der Waals surface area (Å²) in [4.78, 5) is 11.9. The van der Waals surface area contributed by atoms with E-state index in [-0.39, 0.29) is 11.3 Å². The van der Waals surface area contributed by atoms with E-state index in [0.29, 0.717) is 25.6 Å². The molecular weight excluding hydrogens is 216 g/mol. The first kappa shape index (κ1) is 14.5. The number of carbonyl (C=O) groups excluding carboxylic acids is 1. The van der Waals surface area contributed by atoms with Crippen molar-refractivity contribution in [3.63, 3.8) is 0 Å². The lowest BCUT2D eigenvalue weighted by atomic mass is 9.68. The van der Waals surface area contributed by atoms with Crippen LogP contribution in [0.5, 0.6) is 0 Å². The van der Waals surface area contributed by atoms with Gasteiger partial charge in [0.05, 0.1) is 5.41 Å². The van der Waals surface area contributed by atoms with Crippen LogP contribution in [0.3, 0.4) is 0 Å². The van der Waals surface area contributed by atoms with Crippen molar-refractivity contribution < 1.29 is 9.53 Å². The van der Waals surface area contributed by atoms with E-state index in [1.165, 1.54) is 0 Å². The monoisotopic (exact) mass is 242 g/mol. The van der Waals surface area contributed by atoms with E-state index < -0.39 is 0 Å². The molecule has 17 heavy (non-hydrogen) atoms. The van der Waals surface area contributed by atoms with E-state index in [1.54, 1.807) is 0 Å². The van der Waals surface area contributed by atoms with E-state index >= 15 is 0 Å². The summed E-state index contributed by atoms with van der Waals surface area (Å²) in [5.74, 6) is 0.704. The molecule has 0 atom stereocenters. The molecule has 3 N–H and O–H groups in total. The fourth-order valence-corrected chi connectivity index (χ4v) is 2.01. The van der Waals surface area contributed by atoms with Crippen molar-refractivity contribution in [2.24, 2.45) is 17.1 Å². The second kappa shape index (κ2) is 6.97. The lowest BCUT2D eigenvalue weighted by Crippen LogP contribution is -2.50. The Hall–Kier alpha value is -0.610. The van der Waals surface area contributed by atoms with Crippen molar-refractivity contribution in [1.29, 1.82) is 0 Å². The van der Waals surface area contributed by atoms with Crippen molar-refractivity contribution in [2.45, 2.75) is 39.5 Å². The zero-order valence-electron chi connectivity index (χ0n) is 11.1. The van der Waals surface area contributed by atoms with Crippen molar-refractivity contribution in [1.82, 2.24) is 5.32 Å². The van der Waals surface area contributed by atoms with Crippen LogP contribution in [0.25, 0.3) is 0 Å². The van der Waals surface area contributed by atoms with Crippen LogP contribution in [0.1, 0.15) is 39.5 Å². The summed E-state index contributed by atoms with van der Waals surface area (Å²) >= 11 is 0. The van der Waals surface area contributed by atoms with E-state index in [4.69, 9.17) is 10.5 Å². The zero-order valence-corrected chi connectivity index (χ0v) is 11.1. The number of hydrogen-bond acceptors (Lipinski definition) is 3. The number of rotatable bonds is 8. The molecule has 100 valence electrons. The third-order valence-corrected chi connectivity index (χ3v) is 3.39. The standard InChI is InChI=1S/C13H26N2O2/c1-11(2)9-17-8-4-7-15-12(16)13(10-14)5-3-6-13/h11H,3-10,14H2,1-2H3,(H,15,16). The molecule has 1 rings (SSSR count). The molecule has 1 aliphatic carbocycles. The minimum Gasteiger partial charge on any atom is -0.381 e. The zero-order chi connectivity index (χ0) is 12.7. The third-order valence-electron chi connectivity index (χ3n) is 3.39. The average molecular weight is 242 g/mol. The van der Waals surface area contributed by atoms with E-state index in [2.05, 4.69) is 19.2 Å². The second-order valence-corrected chi connectivity index (χ2v) is 5.42. The molecule has 0 unspecified atom stereocenters. The fourth-order valence-electron chi connectivity index (χ4n) is 2.01. The predicted molar refractivity (Wildman–Crippen MR) is 68.6 cm³/mol. The van der Waals surface area contributed by atoms with Gasteiger partial charge in [0.15, 0.2) is 0 Å². The van der Waals surface area contributed by atoms with Gasteiger partial charge in [0.1, 0.15) is 0 Å². The molecule has 0 aromatic carbocycles. The number of amides is 1. The Morgan fingerprint density at radius 2 is 2.18 bits per heavy atom. The normalized spacial score (nSPS) is 17.9. The first-order valence-corrected chi connectivity index (χ1v) is 6.67. The highest BCUT2D eigenvalue weighted by Crippen LogP contribution is 2.39. The highest BCUT2D eigenvalue weighted by atomic mass is 16.5. The fraction of sp³-hybridized carbons (Fsp3) is 0.923. The van der Waals surface area contributed by atoms with E-state index in [1.807, 2.05) is 0 Å². The Balaban J connectivity index is 2.04. The molecule has 0 heterocycles. The number of carbonyl (C=O) groups is 1. The molecule has 1 aliphatic rings. The van der Waals surface area contributed by atoms with Crippen molar-refractivity contribution in [3.8, 4) is 0 Å². The molecule has 1 saturated carbocycles. The molecule has 1 fully saturated rings. The Morgan fingerprint density at radius 1 is 1.47 bits per heavy atom. The SMILES string of the molecule is CC(C)COCCCNC(=O)C1(CN)CCC1. The summed E-state index contributed by atoms with van der Waals surface area (Å²) in [7, 11) is 0. The minimum atomic E-state index is -0.251. The van der Waals surface area contributed by atoms with Crippen LogP contribution in [-0.4, -0.2) is 32.2 Å². The number of hydrogen-bond donors (Lipinski definition) is 2. The Kier molecular flexibility index (Phi) is 5.92. The molecule has 1 amide bonds. The Morgan fingerprint density at radius 3 is 2.65 bits per heavy atom. The van der Waals surface area contributed by atoms with Crippen LogP contribution >= 0.6 is 0 Å². The van der Waals surface area contributed by atoms with Crippen LogP contribution in [0.2, 0.25) is 0 Å². The van der Waals surface area contributed by atoms with Gasteiger partial charge < -0.3 is 15.8 Å². The van der Waals surface area contributed by atoms with E-state index in [9.17, 15) is 4.79 Å². The van der Waals surface area contributed by atoms with Gasteiger partial charge >= 0.3 is 0 Å². The Bertz CT molecular complexity index is 232. The maximum absolute atomic E-state index is 11.9. The van der Waals surface area contributed by atoms with Gasteiger partial charge in [-0.15, -0.1) is 0 Å². The lowest BCUT2D eigenvalue weighted by molar-refractivity contribution is -0.135. The molecule has 4 nitrogen and oxygen atoms in total. The maximum Gasteiger partial charge on any atom is 0.227 e. The first-order valence-electron chi connectivity index (χ1n) is 6.67. The first-order chi connectivity index (χ1) is 8.10. The van der Waals surface area contributed by atoms with Crippen LogP contribution in [0.15, 0.2) is 0 Å². The topological polar surface area (TPSA) is 64.3 Å². The quantitative estimate of drug-likeness (QED) is 0.630. The second-order valence-electron chi connectivity index (χ2n) is 5.42. The van der Waals surface area contributed by atoms with Gasteiger partial charge in [-0.1, -0.05) is 20.3 Å². The van der Waals surface area contributed by atoms with Crippen molar-refractivity contribution in [3.05, 3.63) is 0 Å². The molecule has 0 aromatic heterocycles. The van der Waals surface area contributed by atoms with Crippen molar-refractivity contribution >= 4 is 5.91 Å². The van der Waals surface area contributed by atoms with Crippen LogP contribution < -0.4 is 11.1 Å². The number of nitrogens with one attached hydrogen (secondary N) is 1. The largest absolute Gasteiger partial charge is 0.381 e. The van der Waals surface area contributed by atoms with Crippen molar-refractivity contribution in [2.75, 3.05) is 26.3 Å². The predicted octanol–water partition coefficient (Wildman–Crippen LogP) is 1.29. The summed E-state index contributed by atoms with van der Waals surface area (Å²) in [6.07, 6.45) is 3.89. The van der Waals surface area contributed by atoms with Gasteiger partial charge in [0, 0.05) is 26.3 Å². The molecular formula is C13H26N2O2. The highest BCUT2D eigenvalue weighted by molar-refractivity contribution is 5.83.